The van der Waals surface area contributed by atoms with Crippen molar-refractivity contribution in [1.29, 1.82) is 0 Å². The Morgan fingerprint density at radius 2 is 0.926 bits per heavy atom. The molecule has 9 aromatic rings. The second kappa shape index (κ2) is 13.6. The number of rotatable bonds is 7. The molecule has 1 aromatic heterocycles. The van der Waals surface area contributed by atoms with E-state index in [2.05, 4.69) is 216 Å². The molecule has 1 aliphatic rings. The van der Waals surface area contributed by atoms with Gasteiger partial charge in [0.1, 0.15) is 0 Å². The number of anilines is 3. The average Bonchev–Trinajstić information content (AvgIpc) is 3.59. The standard InChI is InChI=1S/C52H38N2/c1-2-11-37(12-3-1)38-21-29-43(30-22-38)53(45-35-27-42(28-36-45)48-18-10-14-41-13-4-5-15-47(41)48)44-31-23-39(24-32-44)40-25-33-46(34-26-40)54-51-19-8-6-16-49(51)50-17-7-9-20-52(50)54/h1-8,10-19,21-36H,9,20H2. The number of fused-ring (bicyclic) bond motifs is 4. The molecule has 1 heterocycles. The zero-order valence-corrected chi connectivity index (χ0v) is 29.9. The molecule has 0 atom stereocenters. The summed E-state index contributed by atoms with van der Waals surface area (Å²) in [5, 5.41) is 3.84. The molecule has 0 amide bonds. The van der Waals surface area contributed by atoms with Crippen LogP contribution in [0, 0.1) is 0 Å². The molecule has 1 aliphatic carbocycles. The fourth-order valence-electron chi connectivity index (χ4n) is 8.22. The van der Waals surface area contributed by atoms with Crippen molar-refractivity contribution in [2.75, 3.05) is 4.90 Å². The number of benzene rings is 8. The van der Waals surface area contributed by atoms with E-state index in [0.29, 0.717) is 0 Å². The first-order valence-electron chi connectivity index (χ1n) is 18.8. The third-order valence-electron chi connectivity index (χ3n) is 10.9. The topological polar surface area (TPSA) is 8.17 Å². The highest BCUT2D eigenvalue weighted by molar-refractivity contribution is 5.97. The first kappa shape index (κ1) is 31.8. The van der Waals surface area contributed by atoms with Crippen LogP contribution in [0.5, 0.6) is 0 Å². The van der Waals surface area contributed by atoms with Gasteiger partial charge in [-0.1, -0.05) is 152 Å². The van der Waals surface area contributed by atoms with E-state index < -0.39 is 0 Å². The van der Waals surface area contributed by atoms with E-state index >= 15 is 0 Å². The Balaban J connectivity index is 0.993. The van der Waals surface area contributed by atoms with Crippen LogP contribution in [-0.2, 0) is 6.42 Å². The zero-order valence-electron chi connectivity index (χ0n) is 29.9. The van der Waals surface area contributed by atoms with Gasteiger partial charge in [0.05, 0.1) is 5.52 Å². The number of allylic oxidation sites excluding steroid dienone is 1. The summed E-state index contributed by atoms with van der Waals surface area (Å²) in [6.07, 6.45) is 6.74. The Morgan fingerprint density at radius 3 is 1.59 bits per heavy atom. The van der Waals surface area contributed by atoms with Gasteiger partial charge in [0.25, 0.3) is 0 Å². The third-order valence-corrected chi connectivity index (χ3v) is 10.9. The van der Waals surface area contributed by atoms with E-state index in [4.69, 9.17) is 0 Å². The van der Waals surface area contributed by atoms with Gasteiger partial charge in [0.2, 0.25) is 0 Å². The second-order valence-electron chi connectivity index (χ2n) is 14.1. The SMILES string of the molecule is C1=Cc2c(n(-c3ccc(-c4ccc(N(c5ccc(-c6ccccc6)cc5)c5ccc(-c6cccc7ccccc67)cc5)cc4)cc3)c3ccccc23)CC1. The van der Waals surface area contributed by atoms with E-state index in [-0.39, 0.29) is 0 Å². The molecular formula is C52H38N2. The number of hydrogen-bond donors (Lipinski definition) is 0. The van der Waals surface area contributed by atoms with Crippen LogP contribution < -0.4 is 4.90 Å². The average molecular weight is 691 g/mol. The quantitative estimate of drug-likeness (QED) is 0.162. The monoisotopic (exact) mass is 690 g/mol. The summed E-state index contributed by atoms with van der Waals surface area (Å²) in [6, 6.07) is 70.4. The third kappa shape index (κ3) is 5.70. The molecule has 2 nitrogen and oxygen atoms in total. The molecule has 0 saturated carbocycles. The normalized spacial score (nSPS) is 12.2. The van der Waals surface area contributed by atoms with Gasteiger partial charge in [-0.25, -0.2) is 0 Å². The fourth-order valence-corrected chi connectivity index (χ4v) is 8.22. The summed E-state index contributed by atoms with van der Waals surface area (Å²) in [5.74, 6) is 0. The molecule has 256 valence electrons. The number of hydrogen-bond acceptors (Lipinski definition) is 1. The molecule has 8 aromatic carbocycles. The number of para-hydroxylation sites is 1. The molecule has 2 heteroatoms. The zero-order chi connectivity index (χ0) is 35.8. The maximum Gasteiger partial charge on any atom is 0.0537 e. The van der Waals surface area contributed by atoms with Crippen molar-refractivity contribution in [3.05, 3.63) is 211 Å². The van der Waals surface area contributed by atoms with Gasteiger partial charge in [0.15, 0.2) is 0 Å². The first-order valence-corrected chi connectivity index (χ1v) is 18.8. The number of nitrogens with zero attached hydrogens (tertiary/aromatic N) is 2. The van der Waals surface area contributed by atoms with E-state index in [1.54, 1.807) is 0 Å². The Morgan fingerprint density at radius 1 is 0.407 bits per heavy atom. The predicted octanol–water partition coefficient (Wildman–Crippen LogP) is 14.2. The van der Waals surface area contributed by atoms with Gasteiger partial charge in [-0.2, -0.15) is 0 Å². The highest BCUT2D eigenvalue weighted by Gasteiger charge is 2.19. The molecule has 0 radical (unpaired) electrons. The van der Waals surface area contributed by atoms with Gasteiger partial charge in [-0.15, -0.1) is 0 Å². The van der Waals surface area contributed by atoms with Crippen LogP contribution in [-0.4, -0.2) is 4.57 Å². The van der Waals surface area contributed by atoms with Crippen molar-refractivity contribution in [1.82, 2.24) is 4.57 Å². The lowest BCUT2D eigenvalue weighted by Gasteiger charge is -2.26. The molecule has 0 unspecified atom stereocenters. The minimum absolute atomic E-state index is 1.06. The molecular weight excluding hydrogens is 653 g/mol. The largest absolute Gasteiger partial charge is 0.313 e. The van der Waals surface area contributed by atoms with Crippen LogP contribution in [0.25, 0.3) is 66.8 Å². The Bertz CT molecular complexity index is 2770. The minimum atomic E-state index is 1.06. The molecule has 0 bridgehead atoms. The van der Waals surface area contributed by atoms with Crippen molar-refractivity contribution in [2.24, 2.45) is 0 Å². The van der Waals surface area contributed by atoms with Crippen LogP contribution in [0.15, 0.2) is 200 Å². The van der Waals surface area contributed by atoms with E-state index in [9.17, 15) is 0 Å². The van der Waals surface area contributed by atoms with Crippen molar-refractivity contribution >= 4 is 44.8 Å². The second-order valence-corrected chi connectivity index (χ2v) is 14.1. The Labute approximate surface area is 316 Å². The molecule has 0 N–H and O–H groups in total. The lowest BCUT2D eigenvalue weighted by Crippen LogP contribution is -2.09. The van der Waals surface area contributed by atoms with Gasteiger partial charge < -0.3 is 9.47 Å². The summed E-state index contributed by atoms with van der Waals surface area (Å²) < 4.78 is 2.45. The van der Waals surface area contributed by atoms with Crippen LogP contribution in [0.1, 0.15) is 17.7 Å². The van der Waals surface area contributed by atoms with Gasteiger partial charge in [0, 0.05) is 39.4 Å². The summed E-state index contributed by atoms with van der Waals surface area (Å²) in [4.78, 5) is 2.35. The maximum absolute atomic E-state index is 2.45. The molecule has 10 rings (SSSR count). The van der Waals surface area contributed by atoms with Gasteiger partial charge in [-0.3, -0.25) is 0 Å². The fraction of sp³-hybridized carbons (Fsp3) is 0.0385. The Kier molecular flexibility index (Phi) is 8.00. The summed E-state index contributed by atoms with van der Waals surface area (Å²) in [5.41, 5.74) is 15.8. The molecule has 54 heavy (non-hydrogen) atoms. The van der Waals surface area contributed by atoms with Gasteiger partial charge >= 0.3 is 0 Å². The smallest absolute Gasteiger partial charge is 0.0537 e. The summed E-state index contributed by atoms with van der Waals surface area (Å²) >= 11 is 0. The van der Waals surface area contributed by atoms with E-state index in [1.807, 2.05) is 0 Å². The summed E-state index contributed by atoms with van der Waals surface area (Å²) in [6.45, 7) is 0. The highest BCUT2D eigenvalue weighted by atomic mass is 15.1. The van der Waals surface area contributed by atoms with Crippen molar-refractivity contribution in [2.45, 2.75) is 12.8 Å². The predicted molar refractivity (Wildman–Crippen MR) is 229 cm³/mol. The molecule has 0 spiro atoms. The van der Waals surface area contributed by atoms with E-state index in [0.717, 1.165) is 29.9 Å². The Hall–Kier alpha value is -6.90. The van der Waals surface area contributed by atoms with E-state index in [1.165, 1.54) is 72.0 Å². The maximum atomic E-state index is 2.45. The number of aromatic nitrogens is 1. The first-order chi connectivity index (χ1) is 26.8. The highest BCUT2D eigenvalue weighted by Crippen LogP contribution is 2.39. The molecule has 0 fully saturated rings. The van der Waals surface area contributed by atoms with Crippen molar-refractivity contribution < 1.29 is 0 Å². The summed E-state index contributed by atoms with van der Waals surface area (Å²) in [7, 11) is 0. The molecule has 0 aliphatic heterocycles. The van der Waals surface area contributed by atoms with Crippen LogP contribution >= 0.6 is 0 Å². The van der Waals surface area contributed by atoms with Gasteiger partial charge in [-0.05, 0) is 112 Å². The van der Waals surface area contributed by atoms with Crippen LogP contribution in [0.4, 0.5) is 17.1 Å². The van der Waals surface area contributed by atoms with Crippen molar-refractivity contribution in [3.8, 4) is 39.1 Å². The lowest BCUT2D eigenvalue weighted by molar-refractivity contribution is 0.888. The van der Waals surface area contributed by atoms with Crippen LogP contribution in [0.3, 0.4) is 0 Å². The minimum Gasteiger partial charge on any atom is -0.313 e. The van der Waals surface area contributed by atoms with Crippen LogP contribution in [0.2, 0.25) is 0 Å². The lowest BCUT2D eigenvalue weighted by atomic mass is 9.98. The van der Waals surface area contributed by atoms with Crippen molar-refractivity contribution in [3.63, 3.8) is 0 Å². The molecule has 0 saturated heterocycles.